The number of fused-ring (bicyclic) bond motifs is 1. The third-order valence-electron chi connectivity index (χ3n) is 3.72. The average molecular weight is 301 g/mol. The second-order valence-corrected chi connectivity index (χ2v) is 4.86. The predicted octanol–water partition coefficient (Wildman–Crippen LogP) is 0.818. The van der Waals surface area contributed by atoms with Gasteiger partial charge in [-0.05, 0) is 6.07 Å². The molecule has 112 valence electrons. The Kier molecular flexibility index (Phi) is 5.48. The van der Waals surface area contributed by atoms with Crippen LogP contribution in [0.3, 0.4) is 0 Å². The van der Waals surface area contributed by atoms with Crippen LogP contribution in [-0.4, -0.2) is 56.0 Å². The van der Waals surface area contributed by atoms with Gasteiger partial charge in [0.2, 0.25) is 0 Å². The second-order valence-electron chi connectivity index (χ2n) is 4.86. The Morgan fingerprint density at radius 2 is 1.95 bits per heavy atom. The highest BCUT2D eigenvalue weighted by Crippen LogP contribution is 2.38. The summed E-state index contributed by atoms with van der Waals surface area (Å²) in [6, 6.07) is 5.90. The minimum atomic E-state index is -0.0150. The Balaban J connectivity index is 0.00000147. The van der Waals surface area contributed by atoms with E-state index in [1.807, 2.05) is 18.2 Å². The Bertz CT molecular complexity index is 438. The molecule has 1 fully saturated rings. The van der Waals surface area contributed by atoms with Gasteiger partial charge in [0.25, 0.3) is 0 Å². The third-order valence-corrected chi connectivity index (χ3v) is 3.72. The molecule has 0 radical (unpaired) electrons. The summed E-state index contributed by atoms with van der Waals surface area (Å²) in [6.45, 7) is 5.06. The predicted molar refractivity (Wildman–Crippen MR) is 78.9 cm³/mol. The largest absolute Gasteiger partial charge is 0.486 e. The van der Waals surface area contributed by atoms with Gasteiger partial charge in [0, 0.05) is 31.7 Å². The van der Waals surface area contributed by atoms with Crippen molar-refractivity contribution < 1.29 is 14.6 Å². The first-order valence-corrected chi connectivity index (χ1v) is 6.84. The second kappa shape index (κ2) is 7.13. The van der Waals surface area contributed by atoms with Gasteiger partial charge in [0.15, 0.2) is 11.5 Å². The SMILES string of the molecule is Cl.OC[C@H](c1cccc2c1OCCO2)N1CCNCC1. The van der Waals surface area contributed by atoms with E-state index < -0.39 is 0 Å². The van der Waals surface area contributed by atoms with Crippen LogP contribution >= 0.6 is 12.4 Å². The van der Waals surface area contributed by atoms with Gasteiger partial charge in [-0.15, -0.1) is 12.4 Å². The lowest BCUT2D eigenvalue weighted by Crippen LogP contribution is -2.46. The number of aliphatic hydroxyl groups excluding tert-OH is 1. The molecule has 1 aromatic rings. The molecule has 1 saturated heterocycles. The standard InChI is InChI=1S/C14H20N2O3.ClH/c17-10-12(16-6-4-15-5-7-16)11-2-1-3-13-14(11)19-9-8-18-13;/h1-3,12,15,17H,4-10H2;1H/t12-;/m1./s1. The van der Waals surface area contributed by atoms with Crippen molar-refractivity contribution in [3.05, 3.63) is 23.8 Å². The molecular formula is C14H21ClN2O3. The number of nitrogens with zero attached hydrogens (tertiary/aromatic N) is 1. The summed E-state index contributed by atoms with van der Waals surface area (Å²) in [5, 5.41) is 13.1. The topological polar surface area (TPSA) is 54.0 Å². The summed E-state index contributed by atoms with van der Waals surface area (Å²) in [5.74, 6) is 1.59. The number of piperazine rings is 1. The molecule has 2 aliphatic heterocycles. The maximum absolute atomic E-state index is 9.77. The molecule has 6 heteroatoms. The van der Waals surface area contributed by atoms with E-state index in [0.717, 1.165) is 43.2 Å². The van der Waals surface area contributed by atoms with Gasteiger partial charge < -0.3 is 19.9 Å². The molecule has 1 atom stereocenters. The van der Waals surface area contributed by atoms with Crippen LogP contribution in [0.5, 0.6) is 11.5 Å². The highest BCUT2D eigenvalue weighted by Gasteiger charge is 2.27. The van der Waals surface area contributed by atoms with Gasteiger partial charge in [0.05, 0.1) is 12.6 Å². The molecule has 0 aromatic heterocycles. The number of rotatable bonds is 3. The van der Waals surface area contributed by atoms with E-state index in [2.05, 4.69) is 10.2 Å². The van der Waals surface area contributed by atoms with E-state index in [0.29, 0.717) is 13.2 Å². The molecule has 2 aliphatic rings. The van der Waals surface area contributed by atoms with Crippen LogP contribution in [0.25, 0.3) is 0 Å². The Morgan fingerprint density at radius 1 is 1.20 bits per heavy atom. The van der Waals surface area contributed by atoms with Crippen LogP contribution in [0.15, 0.2) is 18.2 Å². The fourth-order valence-corrected chi connectivity index (χ4v) is 2.76. The van der Waals surface area contributed by atoms with Gasteiger partial charge >= 0.3 is 0 Å². The molecule has 20 heavy (non-hydrogen) atoms. The van der Waals surface area contributed by atoms with E-state index in [1.54, 1.807) is 0 Å². The minimum absolute atomic E-state index is 0. The van der Waals surface area contributed by atoms with Gasteiger partial charge in [-0.1, -0.05) is 12.1 Å². The van der Waals surface area contributed by atoms with Crippen molar-refractivity contribution >= 4 is 12.4 Å². The van der Waals surface area contributed by atoms with Crippen LogP contribution in [0, 0.1) is 0 Å². The first-order chi connectivity index (χ1) is 9.40. The van der Waals surface area contributed by atoms with Gasteiger partial charge in [-0.3, -0.25) is 4.90 Å². The summed E-state index contributed by atoms with van der Waals surface area (Å²) in [5.41, 5.74) is 1.03. The number of benzene rings is 1. The number of hydrogen-bond acceptors (Lipinski definition) is 5. The van der Waals surface area contributed by atoms with Crippen LogP contribution in [-0.2, 0) is 0 Å². The highest BCUT2D eigenvalue weighted by molar-refractivity contribution is 5.85. The maximum Gasteiger partial charge on any atom is 0.166 e. The van der Waals surface area contributed by atoms with Gasteiger partial charge in [0.1, 0.15) is 13.2 Å². The molecule has 0 spiro atoms. The van der Waals surface area contributed by atoms with Crippen LogP contribution in [0.1, 0.15) is 11.6 Å². The molecule has 1 aromatic carbocycles. The van der Waals surface area contributed by atoms with E-state index in [1.165, 1.54) is 0 Å². The zero-order valence-electron chi connectivity index (χ0n) is 11.4. The summed E-state index contributed by atoms with van der Waals surface area (Å²) in [4.78, 5) is 2.30. The number of halogens is 1. The number of aliphatic hydroxyl groups is 1. The van der Waals surface area contributed by atoms with Crippen LogP contribution in [0.2, 0.25) is 0 Å². The molecular weight excluding hydrogens is 280 g/mol. The molecule has 2 N–H and O–H groups in total. The molecule has 0 unspecified atom stereocenters. The number of para-hydroxylation sites is 1. The first-order valence-electron chi connectivity index (χ1n) is 6.84. The Morgan fingerprint density at radius 3 is 2.70 bits per heavy atom. The van der Waals surface area contributed by atoms with Crippen LogP contribution in [0.4, 0.5) is 0 Å². The number of hydrogen-bond donors (Lipinski definition) is 2. The fourth-order valence-electron chi connectivity index (χ4n) is 2.76. The quantitative estimate of drug-likeness (QED) is 0.865. The third kappa shape index (κ3) is 3.01. The van der Waals surface area contributed by atoms with E-state index in [4.69, 9.17) is 9.47 Å². The molecule has 3 rings (SSSR count). The van der Waals surface area contributed by atoms with E-state index >= 15 is 0 Å². The molecule has 0 aliphatic carbocycles. The van der Waals surface area contributed by atoms with Crippen molar-refractivity contribution in [2.75, 3.05) is 46.0 Å². The fraction of sp³-hybridized carbons (Fsp3) is 0.571. The van der Waals surface area contributed by atoms with Gasteiger partial charge in [-0.2, -0.15) is 0 Å². The zero-order chi connectivity index (χ0) is 13.1. The van der Waals surface area contributed by atoms with Crippen molar-refractivity contribution in [3.63, 3.8) is 0 Å². The Labute approximate surface area is 125 Å². The summed E-state index contributed by atoms with van der Waals surface area (Å²) in [6.07, 6.45) is 0. The lowest BCUT2D eigenvalue weighted by atomic mass is 10.0. The van der Waals surface area contributed by atoms with Crippen molar-refractivity contribution in [1.82, 2.24) is 10.2 Å². The van der Waals surface area contributed by atoms with Crippen LogP contribution < -0.4 is 14.8 Å². The minimum Gasteiger partial charge on any atom is -0.486 e. The van der Waals surface area contributed by atoms with E-state index in [-0.39, 0.29) is 25.1 Å². The van der Waals surface area contributed by atoms with Crippen molar-refractivity contribution in [2.24, 2.45) is 0 Å². The number of nitrogens with one attached hydrogen (secondary N) is 1. The average Bonchev–Trinajstić information content (AvgIpc) is 2.49. The van der Waals surface area contributed by atoms with Crippen molar-refractivity contribution in [3.8, 4) is 11.5 Å². The zero-order valence-corrected chi connectivity index (χ0v) is 12.2. The lowest BCUT2D eigenvalue weighted by molar-refractivity contribution is 0.103. The molecule has 0 saturated carbocycles. The Hall–Kier alpha value is -1.01. The van der Waals surface area contributed by atoms with Crippen molar-refractivity contribution in [2.45, 2.75) is 6.04 Å². The molecule has 0 bridgehead atoms. The monoisotopic (exact) mass is 300 g/mol. The number of ether oxygens (including phenoxy) is 2. The smallest absolute Gasteiger partial charge is 0.166 e. The molecule has 5 nitrogen and oxygen atoms in total. The molecule has 0 amide bonds. The van der Waals surface area contributed by atoms with Gasteiger partial charge in [-0.25, -0.2) is 0 Å². The summed E-state index contributed by atoms with van der Waals surface area (Å²) >= 11 is 0. The summed E-state index contributed by atoms with van der Waals surface area (Å²) < 4.78 is 11.4. The normalized spacial score (nSPS) is 20.1. The lowest BCUT2D eigenvalue weighted by Gasteiger charge is -2.35. The highest BCUT2D eigenvalue weighted by atomic mass is 35.5. The first kappa shape index (κ1) is 15.4. The maximum atomic E-state index is 9.77. The van der Waals surface area contributed by atoms with E-state index in [9.17, 15) is 5.11 Å². The molecule has 2 heterocycles. The summed E-state index contributed by atoms with van der Waals surface area (Å²) in [7, 11) is 0. The van der Waals surface area contributed by atoms with Crippen molar-refractivity contribution in [1.29, 1.82) is 0 Å².